The Morgan fingerprint density at radius 3 is 2.70 bits per heavy atom. The van der Waals surface area contributed by atoms with Crippen LogP contribution >= 0.6 is 0 Å². The maximum atomic E-state index is 10.7. The number of nitrogens with one attached hydrogen (secondary N) is 1. The Hall–Kier alpha value is -3.08. The lowest BCUT2D eigenvalue weighted by Crippen LogP contribution is -2.24. The van der Waals surface area contributed by atoms with E-state index in [1.807, 2.05) is 32.0 Å². The van der Waals surface area contributed by atoms with Crippen LogP contribution in [0.25, 0.3) is 16.5 Å². The maximum absolute atomic E-state index is 10.7. The van der Waals surface area contributed by atoms with Crippen molar-refractivity contribution < 1.29 is 4.79 Å². The molecule has 0 aliphatic carbocycles. The molecule has 5 heteroatoms. The van der Waals surface area contributed by atoms with Gasteiger partial charge in [0, 0.05) is 22.3 Å². The second-order valence-corrected chi connectivity index (χ2v) is 5.39. The molecule has 1 aromatic heterocycles. The van der Waals surface area contributed by atoms with E-state index in [-0.39, 0.29) is 0 Å². The number of fused-ring (bicyclic) bond motifs is 1. The van der Waals surface area contributed by atoms with E-state index in [0.29, 0.717) is 0 Å². The van der Waals surface area contributed by atoms with Crippen LogP contribution in [0.5, 0.6) is 0 Å². The number of primary amides is 1. The van der Waals surface area contributed by atoms with Crippen LogP contribution < -0.4 is 11.2 Å². The fraction of sp³-hybridized carbons (Fsp3) is 0.111. The summed E-state index contributed by atoms with van der Waals surface area (Å²) in [4.78, 5) is 10.7. The van der Waals surface area contributed by atoms with E-state index >= 15 is 0 Å². The van der Waals surface area contributed by atoms with Gasteiger partial charge in [0.05, 0.1) is 11.9 Å². The lowest BCUT2D eigenvalue weighted by atomic mass is 10.1. The number of urea groups is 1. The first kappa shape index (κ1) is 14.8. The van der Waals surface area contributed by atoms with Crippen molar-refractivity contribution in [2.75, 3.05) is 0 Å². The highest BCUT2D eigenvalue weighted by molar-refractivity contribution is 5.91. The van der Waals surface area contributed by atoms with Crippen LogP contribution in [0.1, 0.15) is 17.0 Å². The summed E-state index contributed by atoms with van der Waals surface area (Å²) >= 11 is 0. The Labute approximate surface area is 134 Å². The maximum Gasteiger partial charge on any atom is 0.332 e. The van der Waals surface area contributed by atoms with Crippen LogP contribution in [0.15, 0.2) is 53.6 Å². The van der Waals surface area contributed by atoms with Gasteiger partial charge in [-0.15, -0.1) is 0 Å². The minimum atomic E-state index is -0.677. The largest absolute Gasteiger partial charge is 0.350 e. The summed E-state index contributed by atoms with van der Waals surface area (Å²) in [6.45, 7) is 4.08. The molecule has 5 nitrogen and oxygen atoms in total. The molecule has 0 radical (unpaired) electrons. The van der Waals surface area contributed by atoms with E-state index in [4.69, 9.17) is 5.73 Å². The predicted molar refractivity (Wildman–Crippen MR) is 93.1 cm³/mol. The van der Waals surface area contributed by atoms with Crippen molar-refractivity contribution in [3.8, 4) is 5.69 Å². The van der Waals surface area contributed by atoms with Crippen molar-refractivity contribution in [3.05, 3.63) is 65.5 Å². The minimum Gasteiger partial charge on any atom is -0.350 e. The summed E-state index contributed by atoms with van der Waals surface area (Å²) in [7, 11) is 0. The molecule has 0 saturated heterocycles. The fourth-order valence-electron chi connectivity index (χ4n) is 2.86. The molecule has 0 aliphatic rings. The van der Waals surface area contributed by atoms with Crippen LogP contribution in [0, 0.1) is 13.8 Å². The van der Waals surface area contributed by atoms with E-state index in [2.05, 4.69) is 45.4 Å². The molecule has 0 aliphatic heterocycles. The van der Waals surface area contributed by atoms with E-state index in [9.17, 15) is 4.79 Å². The number of aromatic nitrogens is 1. The van der Waals surface area contributed by atoms with Gasteiger partial charge in [-0.1, -0.05) is 36.4 Å². The number of amides is 2. The second-order valence-electron chi connectivity index (χ2n) is 5.39. The Balaban J connectivity index is 2.11. The third-order valence-electron chi connectivity index (χ3n) is 3.86. The van der Waals surface area contributed by atoms with Crippen molar-refractivity contribution in [1.82, 2.24) is 9.99 Å². The third-order valence-corrected chi connectivity index (χ3v) is 3.86. The predicted octanol–water partition coefficient (Wildman–Crippen LogP) is 3.25. The SMILES string of the molecule is Cc1cc(/C=N\NC(N)=O)c(C)n1-c1cccc2ccccc12. The number of aryl methyl sites for hydroxylation is 1. The Kier molecular flexibility index (Phi) is 3.85. The van der Waals surface area contributed by atoms with Gasteiger partial charge < -0.3 is 10.3 Å². The molecule has 23 heavy (non-hydrogen) atoms. The standard InChI is InChI=1S/C18H18N4O/c1-12-10-15(11-20-21-18(19)23)13(2)22(12)17-9-5-7-14-6-3-4-8-16(14)17/h3-11H,1-2H3,(H3,19,21,23)/b20-11-. The molecule has 0 unspecified atom stereocenters. The average Bonchev–Trinajstić information content (AvgIpc) is 2.81. The van der Waals surface area contributed by atoms with E-state index in [1.165, 1.54) is 10.8 Å². The smallest absolute Gasteiger partial charge is 0.332 e. The zero-order valence-electron chi connectivity index (χ0n) is 13.1. The lowest BCUT2D eigenvalue weighted by molar-refractivity contribution is 0.249. The van der Waals surface area contributed by atoms with Gasteiger partial charge in [0.2, 0.25) is 0 Å². The molecule has 2 aromatic carbocycles. The molecule has 0 saturated carbocycles. The molecule has 0 spiro atoms. The number of nitrogens with zero attached hydrogens (tertiary/aromatic N) is 2. The fourth-order valence-corrected chi connectivity index (χ4v) is 2.86. The number of carbonyl (C=O) groups is 1. The van der Waals surface area contributed by atoms with Crippen LogP contribution in [0.4, 0.5) is 4.79 Å². The van der Waals surface area contributed by atoms with Crippen molar-refractivity contribution in [2.45, 2.75) is 13.8 Å². The van der Waals surface area contributed by atoms with Gasteiger partial charge in [0.25, 0.3) is 0 Å². The van der Waals surface area contributed by atoms with E-state index in [1.54, 1.807) is 6.21 Å². The topological polar surface area (TPSA) is 72.4 Å². The summed E-state index contributed by atoms with van der Waals surface area (Å²) in [6, 6.07) is 15.9. The molecular weight excluding hydrogens is 288 g/mol. The quantitative estimate of drug-likeness (QED) is 0.566. The van der Waals surface area contributed by atoms with Crippen molar-refractivity contribution >= 4 is 23.0 Å². The Morgan fingerprint density at radius 1 is 1.17 bits per heavy atom. The first-order valence-electron chi connectivity index (χ1n) is 7.33. The molecule has 1 heterocycles. The van der Waals surface area contributed by atoms with Gasteiger partial charge in [-0.3, -0.25) is 0 Å². The average molecular weight is 306 g/mol. The number of rotatable bonds is 3. The first-order valence-corrected chi connectivity index (χ1v) is 7.33. The highest BCUT2D eigenvalue weighted by Crippen LogP contribution is 2.26. The number of hydrogen-bond acceptors (Lipinski definition) is 2. The van der Waals surface area contributed by atoms with Crippen LogP contribution in [0.3, 0.4) is 0 Å². The molecule has 3 aromatic rings. The number of carbonyl (C=O) groups excluding carboxylic acids is 1. The Morgan fingerprint density at radius 2 is 1.91 bits per heavy atom. The van der Waals surface area contributed by atoms with Crippen LogP contribution in [-0.4, -0.2) is 16.8 Å². The zero-order valence-corrected chi connectivity index (χ0v) is 13.1. The number of benzene rings is 2. The number of nitrogens with two attached hydrogens (primary N) is 1. The molecule has 3 N–H and O–H groups in total. The zero-order chi connectivity index (χ0) is 16.4. The highest BCUT2D eigenvalue weighted by atomic mass is 16.2. The summed E-state index contributed by atoms with van der Waals surface area (Å²) in [5.74, 6) is 0. The van der Waals surface area contributed by atoms with E-state index in [0.717, 1.165) is 22.6 Å². The molecule has 3 rings (SSSR count). The summed E-state index contributed by atoms with van der Waals surface area (Å²) in [5.41, 5.74) is 11.4. The Bertz CT molecular complexity index is 903. The normalized spacial score (nSPS) is 11.2. The molecule has 2 amide bonds. The molecule has 116 valence electrons. The van der Waals surface area contributed by atoms with Gasteiger partial charge in [-0.05, 0) is 31.4 Å². The molecule has 0 fully saturated rings. The van der Waals surface area contributed by atoms with Gasteiger partial charge >= 0.3 is 6.03 Å². The molecule has 0 bridgehead atoms. The lowest BCUT2D eigenvalue weighted by Gasteiger charge is -2.12. The third kappa shape index (κ3) is 2.81. The van der Waals surface area contributed by atoms with Crippen molar-refractivity contribution in [1.29, 1.82) is 0 Å². The first-order chi connectivity index (χ1) is 11.1. The van der Waals surface area contributed by atoms with Gasteiger partial charge in [0.15, 0.2) is 0 Å². The summed E-state index contributed by atoms with van der Waals surface area (Å²) in [6.07, 6.45) is 1.61. The highest BCUT2D eigenvalue weighted by Gasteiger charge is 2.11. The van der Waals surface area contributed by atoms with Crippen molar-refractivity contribution in [2.24, 2.45) is 10.8 Å². The number of hydrogen-bond donors (Lipinski definition) is 2. The van der Waals surface area contributed by atoms with Gasteiger partial charge in [-0.25, -0.2) is 10.2 Å². The van der Waals surface area contributed by atoms with Crippen LogP contribution in [-0.2, 0) is 0 Å². The molecular formula is C18H18N4O. The van der Waals surface area contributed by atoms with Gasteiger partial charge in [-0.2, -0.15) is 5.10 Å². The molecule has 0 atom stereocenters. The van der Waals surface area contributed by atoms with Crippen LogP contribution in [0.2, 0.25) is 0 Å². The summed E-state index contributed by atoms with van der Waals surface area (Å²) < 4.78 is 2.19. The minimum absolute atomic E-state index is 0.677. The summed E-state index contributed by atoms with van der Waals surface area (Å²) in [5, 5.41) is 6.24. The number of hydrazone groups is 1. The second kappa shape index (κ2) is 5.96. The van der Waals surface area contributed by atoms with Crippen molar-refractivity contribution in [3.63, 3.8) is 0 Å². The van der Waals surface area contributed by atoms with Gasteiger partial charge in [0.1, 0.15) is 0 Å². The monoisotopic (exact) mass is 306 g/mol. The van der Waals surface area contributed by atoms with E-state index < -0.39 is 6.03 Å².